The standard InChI is InChI=1S/C41H45F3N6O9/c1-39(2,24-57-13-5-3-4-12-56-23-29-8-7-28(47-48-29)20-49-19-26(18-45-49)37(53)54)36-15-25-14-32(31(42)17-33(25)50(36)21-30(52)22-51)46-38(55)40(10-11-40)27-6-9-34-35(16-27)59-41(43,44)58-34/h6-9,14-19,30,51-52H,3-5,10-13,20-24H2,1-2H3,(H,46,55)(H,53,54)/t30-/m1/s1. The molecule has 4 heterocycles. The van der Waals surface area contributed by atoms with Crippen LogP contribution in [0.4, 0.5) is 18.9 Å². The number of carbonyl (C=O) groups is 2. The zero-order valence-electron chi connectivity index (χ0n) is 32.5. The van der Waals surface area contributed by atoms with Gasteiger partial charge in [0.05, 0.1) is 78.8 Å². The second kappa shape index (κ2) is 17.0. The number of amides is 1. The molecule has 59 heavy (non-hydrogen) atoms. The molecule has 4 N–H and O–H groups in total. The molecule has 1 fully saturated rings. The summed E-state index contributed by atoms with van der Waals surface area (Å²) in [6.07, 6.45) is 1.11. The molecule has 18 heteroatoms. The largest absolute Gasteiger partial charge is 0.586 e. The molecule has 0 unspecified atom stereocenters. The number of benzene rings is 2. The minimum atomic E-state index is -3.80. The summed E-state index contributed by atoms with van der Waals surface area (Å²) in [6, 6.07) is 12.5. The fourth-order valence-electron chi connectivity index (χ4n) is 7.10. The quantitative estimate of drug-likeness (QED) is 0.0718. The van der Waals surface area contributed by atoms with E-state index in [0.717, 1.165) is 25.0 Å². The Balaban J connectivity index is 0.903. The molecule has 1 saturated carbocycles. The number of nitrogens with one attached hydrogen (secondary N) is 1. The lowest BCUT2D eigenvalue weighted by Gasteiger charge is -2.27. The van der Waals surface area contributed by atoms with E-state index in [4.69, 9.17) is 14.6 Å². The van der Waals surface area contributed by atoms with Crippen LogP contribution in [0.15, 0.2) is 60.9 Å². The van der Waals surface area contributed by atoms with Gasteiger partial charge in [0.15, 0.2) is 11.5 Å². The highest BCUT2D eigenvalue weighted by atomic mass is 19.3. The third kappa shape index (κ3) is 9.51. The summed E-state index contributed by atoms with van der Waals surface area (Å²) < 4.78 is 67.1. The molecule has 1 atom stereocenters. The van der Waals surface area contributed by atoms with E-state index >= 15 is 4.39 Å². The van der Waals surface area contributed by atoms with E-state index in [1.165, 1.54) is 47.4 Å². The minimum absolute atomic E-state index is 0.00740. The van der Waals surface area contributed by atoms with E-state index in [1.54, 1.807) is 16.7 Å². The van der Waals surface area contributed by atoms with Gasteiger partial charge in [0.2, 0.25) is 5.91 Å². The number of anilines is 1. The van der Waals surface area contributed by atoms with Crippen molar-refractivity contribution in [2.45, 2.75) is 88.9 Å². The summed E-state index contributed by atoms with van der Waals surface area (Å²) in [5, 5.41) is 44.8. The van der Waals surface area contributed by atoms with Crippen molar-refractivity contribution in [2.75, 3.05) is 31.7 Å². The van der Waals surface area contributed by atoms with Crippen molar-refractivity contribution in [3.05, 3.63) is 95.0 Å². The highest BCUT2D eigenvalue weighted by molar-refractivity contribution is 6.03. The predicted molar refractivity (Wildman–Crippen MR) is 205 cm³/mol. The van der Waals surface area contributed by atoms with E-state index in [-0.39, 0.29) is 29.3 Å². The molecule has 0 spiro atoms. The van der Waals surface area contributed by atoms with Gasteiger partial charge in [-0.05, 0) is 74.1 Å². The van der Waals surface area contributed by atoms with Crippen LogP contribution in [-0.4, -0.2) is 90.6 Å². The van der Waals surface area contributed by atoms with Crippen molar-refractivity contribution in [1.29, 1.82) is 0 Å². The highest BCUT2D eigenvalue weighted by Gasteiger charge is 2.53. The lowest BCUT2D eigenvalue weighted by atomic mass is 9.90. The van der Waals surface area contributed by atoms with E-state index in [9.17, 15) is 28.6 Å². The topological polar surface area (TPSA) is 192 Å². The summed E-state index contributed by atoms with van der Waals surface area (Å²) >= 11 is 0. The molecule has 314 valence electrons. The maximum atomic E-state index is 15.7. The molecule has 1 aliphatic heterocycles. The first-order valence-corrected chi connectivity index (χ1v) is 19.2. The molecule has 1 amide bonds. The van der Waals surface area contributed by atoms with Crippen LogP contribution in [0, 0.1) is 5.82 Å². The normalized spacial score (nSPS) is 15.7. The SMILES string of the molecule is CC(C)(COCCCCCOCc1ccc(Cn2cc(C(=O)O)cn2)nn1)c1cc2cc(NC(=O)C3(c4ccc5c(c4)OC(F)(F)O5)CC3)c(F)cc2n1C[C@@H](O)CO. The van der Waals surface area contributed by atoms with Gasteiger partial charge >= 0.3 is 12.3 Å². The second-order valence-corrected chi connectivity index (χ2v) is 15.5. The minimum Gasteiger partial charge on any atom is -0.478 e. The lowest BCUT2D eigenvalue weighted by molar-refractivity contribution is -0.286. The maximum Gasteiger partial charge on any atom is 0.586 e. The molecule has 0 bridgehead atoms. The van der Waals surface area contributed by atoms with Crippen molar-refractivity contribution in [3.63, 3.8) is 0 Å². The van der Waals surface area contributed by atoms with Crippen molar-refractivity contribution in [2.24, 2.45) is 0 Å². The fourth-order valence-corrected chi connectivity index (χ4v) is 7.10. The van der Waals surface area contributed by atoms with Crippen molar-refractivity contribution in [1.82, 2.24) is 24.5 Å². The third-order valence-corrected chi connectivity index (χ3v) is 10.4. The summed E-state index contributed by atoms with van der Waals surface area (Å²) in [5.74, 6) is -2.55. The number of carboxylic acids is 1. The Morgan fingerprint density at radius 3 is 2.41 bits per heavy atom. The van der Waals surface area contributed by atoms with Crippen molar-refractivity contribution in [3.8, 4) is 11.5 Å². The Morgan fingerprint density at radius 2 is 1.71 bits per heavy atom. The number of rotatable bonds is 20. The number of fused-ring (bicyclic) bond motifs is 2. The molecule has 7 rings (SSSR count). The van der Waals surface area contributed by atoms with E-state index in [1.807, 2.05) is 19.9 Å². The maximum absolute atomic E-state index is 15.7. The summed E-state index contributed by atoms with van der Waals surface area (Å²) in [4.78, 5) is 24.6. The lowest BCUT2D eigenvalue weighted by Crippen LogP contribution is -2.30. The van der Waals surface area contributed by atoms with Gasteiger partial charge in [-0.15, -0.1) is 8.78 Å². The van der Waals surface area contributed by atoms with Crippen LogP contribution in [-0.2, 0) is 44.8 Å². The van der Waals surface area contributed by atoms with E-state index in [2.05, 4.69) is 30.1 Å². The Bertz CT molecular complexity index is 2310. The van der Waals surface area contributed by atoms with Crippen LogP contribution in [0.5, 0.6) is 11.5 Å². The van der Waals surface area contributed by atoms with Gasteiger partial charge < -0.3 is 44.2 Å². The number of alkyl halides is 2. The van der Waals surface area contributed by atoms with Crippen LogP contribution in [0.3, 0.4) is 0 Å². The monoisotopic (exact) mass is 822 g/mol. The Hall–Kier alpha value is -5.56. The Labute approximate surface area is 336 Å². The molecule has 5 aromatic rings. The van der Waals surface area contributed by atoms with Crippen molar-refractivity contribution >= 4 is 28.5 Å². The fraction of sp³-hybridized carbons (Fsp3) is 0.439. The molecule has 3 aromatic heterocycles. The number of aliphatic hydroxyl groups is 2. The number of hydrogen-bond acceptors (Lipinski definition) is 11. The molecule has 15 nitrogen and oxygen atoms in total. The number of halogens is 3. The first-order chi connectivity index (χ1) is 28.2. The number of carboxylic acid groups (broad SMARTS) is 1. The molecular weight excluding hydrogens is 777 g/mol. The van der Waals surface area contributed by atoms with Gasteiger partial charge in [-0.2, -0.15) is 15.3 Å². The number of carbonyl (C=O) groups excluding carboxylic acids is 1. The number of ether oxygens (including phenoxy) is 4. The van der Waals surface area contributed by atoms with Crippen LogP contribution in [0.25, 0.3) is 10.9 Å². The van der Waals surface area contributed by atoms with E-state index in [0.29, 0.717) is 73.7 Å². The first kappa shape index (κ1) is 41.6. The number of nitrogens with zero attached hydrogens (tertiary/aromatic N) is 5. The number of aromatic nitrogens is 5. The van der Waals surface area contributed by atoms with Gasteiger partial charge in [-0.25, -0.2) is 9.18 Å². The third-order valence-electron chi connectivity index (χ3n) is 10.4. The highest BCUT2D eigenvalue weighted by Crippen LogP contribution is 2.52. The first-order valence-electron chi connectivity index (χ1n) is 19.2. The van der Waals surface area contributed by atoms with Gasteiger partial charge in [0, 0.05) is 42.0 Å². The number of unbranched alkanes of at least 4 members (excludes halogenated alkanes) is 2. The van der Waals surface area contributed by atoms with Gasteiger partial charge in [0.1, 0.15) is 5.82 Å². The zero-order chi connectivity index (χ0) is 42.0. The number of aromatic carboxylic acids is 1. The van der Waals surface area contributed by atoms with E-state index < -0.39 is 47.5 Å². The molecule has 0 radical (unpaired) electrons. The molecule has 1 aliphatic carbocycles. The average molecular weight is 823 g/mol. The van der Waals surface area contributed by atoms with Crippen LogP contribution >= 0.6 is 0 Å². The van der Waals surface area contributed by atoms with Crippen LogP contribution < -0.4 is 14.8 Å². The molecule has 2 aromatic carbocycles. The smallest absolute Gasteiger partial charge is 0.478 e. The van der Waals surface area contributed by atoms with Gasteiger partial charge in [-0.1, -0.05) is 19.9 Å². The second-order valence-electron chi connectivity index (χ2n) is 15.5. The number of hydrogen-bond donors (Lipinski definition) is 4. The van der Waals surface area contributed by atoms with Gasteiger partial charge in [0.25, 0.3) is 0 Å². The molecular formula is C41H45F3N6O9. The van der Waals surface area contributed by atoms with Gasteiger partial charge in [-0.3, -0.25) is 9.48 Å². The van der Waals surface area contributed by atoms with Crippen molar-refractivity contribution < 1.29 is 57.0 Å². The Kier molecular flexibility index (Phi) is 12.0. The van der Waals surface area contributed by atoms with Crippen LogP contribution in [0.2, 0.25) is 0 Å². The number of aliphatic hydroxyl groups excluding tert-OH is 2. The molecule has 2 aliphatic rings. The summed E-state index contributed by atoms with van der Waals surface area (Å²) in [6.45, 7) is 5.34. The summed E-state index contributed by atoms with van der Waals surface area (Å²) in [5.41, 5.74) is 1.34. The summed E-state index contributed by atoms with van der Waals surface area (Å²) in [7, 11) is 0. The predicted octanol–water partition coefficient (Wildman–Crippen LogP) is 5.54. The van der Waals surface area contributed by atoms with Crippen LogP contribution in [0.1, 0.15) is 79.0 Å². The molecule has 0 saturated heterocycles. The Morgan fingerprint density at radius 1 is 0.983 bits per heavy atom. The average Bonchev–Trinajstić information content (AvgIpc) is 3.59. The zero-order valence-corrected chi connectivity index (χ0v) is 32.5.